The molecule has 2 amide bonds. The van der Waals surface area contributed by atoms with Gasteiger partial charge in [-0.2, -0.15) is 16.8 Å². The third kappa shape index (κ3) is 9.14. The molecule has 18 atom stereocenters. The third-order valence-corrected chi connectivity index (χ3v) is 23.3. The van der Waals surface area contributed by atoms with E-state index in [-0.39, 0.29) is 70.6 Å². The highest BCUT2D eigenvalue weighted by atomic mass is 32.2. The van der Waals surface area contributed by atoms with Crippen molar-refractivity contribution in [2.75, 3.05) is 24.6 Å². The Labute approximate surface area is 406 Å². The summed E-state index contributed by atoms with van der Waals surface area (Å²) in [5.41, 5.74) is 4.80. The maximum Gasteiger partial charge on any atom is 0.266 e. The van der Waals surface area contributed by atoms with Crippen LogP contribution in [0.5, 0.6) is 0 Å². The van der Waals surface area contributed by atoms with E-state index >= 15 is 0 Å². The van der Waals surface area contributed by atoms with E-state index < -0.39 is 31.7 Å². The van der Waals surface area contributed by atoms with Crippen LogP contribution in [0.15, 0.2) is 0 Å². The van der Waals surface area contributed by atoms with Crippen molar-refractivity contribution in [1.82, 2.24) is 20.6 Å². The van der Waals surface area contributed by atoms with E-state index in [1.165, 1.54) is 0 Å². The van der Waals surface area contributed by atoms with Crippen LogP contribution in [0.1, 0.15) is 154 Å². The fourth-order valence-electron chi connectivity index (χ4n) is 18.5. The van der Waals surface area contributed by atoms with Gasteiger partial charge in [0.1, 0.15) is 0 Å². The molecule has 0 spiro atoms. The molecule has 0 radical (unpaired) electrons. The first-order valence-electron chi connectivity index (χ1n) is 26.5. The van der Waals surface area contributed by atoms with Crippen molar-refractivity contribution in [3.63, 3.8) is 0 Å². The van der Waals surface area contributed by atoms with Gasteiger partial charge in [-0.3, -0.25) is 28.7 Å². The summed E-state index contributed by atoms with van der Waals surface area (Å²) >= 11 is 0. The van der Waals surface area contributed by atoms with Crippen LogP contribution in [0.3, 0.4) is 0 Å². The zero-order valence-corrected chi connectivity index (χ0v) is 43.2. The van der Waals surface area contributed by atoms with Crippen molar-refractivity contribution in [2.45, 2.75) is 169 Å². The molecule has 6 N–H and O–H groups in total. The number of amides is 2. The third-order valence-electron chi connectivity index (χ3n) is 21.9. The predicted octanol–water partition coefficient (Wildman–Crippen LogP) is 6.41. The largest absolute Gasteiger partial charge is 0.393 e. The summed E-state index contributed by atoms with van der Waals surface area (Å²) in [6.07, 6.45) is 15.2. The normalized spacial score (nSPS) is 42.4. The van der Waals surface area contributed by atoms with E-state index in [1.807, 2.05) is 0 Å². The standard InChI is InChI=1S/C52H82N4O10S2/c1-29(7-13-45(59)53-19-21-67(61,62)63)33-9-11-35-47-37(15-17-49(33,35)3)51(5)27-41-39(23-31(51)25-43(47)57)56-42-28-52(6)32(24-40(42)55-41)26-44(58)48-36-12-10-34(50(36,4)18-16-38(48)52)30(2)8-14-46(60)54-20-22-68(64,65)66/h29-38,43-44,47-48,57-58H,7-28H2,1-6H3,(H,53,59)(H,54,60)(H,61,62,63)(H,64,65,66)/t29-,30+,31?,32?,33+,34?,35-,36-,37-,38-,43-,44-,47-,48-,49+,50+,51-,52-/m0/s1. The monoisotopic (exact) mass is 987 g/mol. The van der Waals surface area contributed by atoms with Crippen molar-refractivity contribution in [3.05, 3.63) is 22.8 Å². The SMILES string of the molecule is C[C@H](CCC(=O)NCCS(=O)(=O)O)C1CC[C@H]2[C@@H]3[C@@H](O)CC4Cc5nc6c(nc5C[C@]4(C)[C@H]3CC[C@]12C)CC1C[C@H](O)[C@H]2[C@@H]3CC[C@H]([C@@H](C)CCC(=O)NCCS(=O)(=O)O)[C@@]3(C)CC[C@@H]2[C@@]1(C)C6. The van der Waals surface area contributed by atoms with Crippen LogP contribution < -0.4 is 10.6 Å². The zero-order chi connectivity index (χ0) is 48.9. The maximum atomic E-state index is 12.6. The second-order valence-electron chi connectivity index (χ2n) is 25.1. The summed E-state index contributed by atoms with van der Waals surface area (Å²) in [5, 5.41) is 29.7. The number of aromatic nitrogens is 2. The number of aliphatic hydroxyl groups is 2. The van der Waals surface area contributed by atoms with Crippen LogP contribution in [0, 0.1) is 92.7 Å². The van der Waals surface area contributed by atoms with E-state index in [1.54, 1.807) is 0 Å². The minimum Gasteiger partial charge on any atom is -0.393 e. The molecule has 1 aromatic rings. The molecular formula is C52H82N4O10S2. The minimum absolute atomic E-state index is 0.0198. The van der Waals surface area contributed by atoms with Gasteiger partial charge in [-0.1, -0.05) is 41.5 Å². The second kappa shape index (κ2) is 18.4. The molecule has 16 heteroatoms. The van der Waals surface area contributed by atoms with Gasteiger partial charge in [-0.25, -0.2) is 0 Å². The molecule has 14 nitrogen and oxygen atoms in total. The first-order chi connectivity index (χ1) is 31.8. The summed E-state index contributed by atoms with van der Waals surface area (Å²) in [6, 6.07) is 0. The van der Waals surface area contributed by atoms with Gasteiger partial charge in [0.25, 0.3) is 20.2 Å². The lowest BCUT2D eigenvalue weighted by molar-refractivity contribution is -0.158. The minimum atomic E-state index is -4.12. The van der Waals surface area contributed by atoms with Crippen molar-refractivity contribution < 1.29 is 45.7 Å². The number of fused-ring (bicyclic) bond motifs is 12. The molecule has 9 rings (SSSR count). The topological polar surface area (TPSA) is 233 Å². The quantitative estimate of drug-likeness (QED) is 0.111. The molecule has 0 aliphatic heterocycles. The van der Waals surface area contributed by atoms with Gasteiger partial charge < -0.3 is 20.8 Å². The molecule has 8 aliphatic rings. The van der Waals surface area contributed by atoms with Crippen molar-refractivity contribution in [3.8, 4) is 0 Å². The van der Waals surface area contributed by atoms with Crippen LogP contribution in [0.25, 0.3) is 0 Å². The van der Waals surface area contributed by atoms with Crippen LogP contribution in [-0.2, 0) is 55.5 Å². The number of nitrogens with zero attached hydrogens (tertiary/aromatic N) is 2. The van der Waals surface area contributed by atoms with Gasteiger partial charge in [0.2, 0.25) is 11.8 Å². The average molecular weight is 987 g/mol. The fourth-order valence-corrected chi connectivity index (χ4v) is 19.2. The number of nitrogens with one attached hydrogen (secondary N) is 2. The zero-order valence-electron chi connectivity index (χ0n) is 41.6. The Balaban J connectivity index is 0.856. The summed E-state index contributed by atoms with van der Waals surface area (Å²) in [5.74, 6) is 2.98. The molecule has 8 aliphatic carbocycles. The Morgan fingerprint density at radius 3 is 1.32 bits per heavy atom. The molecule has 1 heterocycles. The van der Waals surface area contributed by atoms with Gasteiger partial charge >= 0.3 is 0 Å². The number of rotatable bonds is 14. The first kappa shape index (κ1) is 50.7. The smallest absolute Gasteiger partial charge is 0.266 e. The number of hydrogen-bond acceptors (Lipinski definition) is 10. The lowest BCUT2D eigenvalue weighted by Gasteiger charge is -2.62. The lowest BCUT2D eigenvalue weighted by atomic mass is 9.43. The summed E-state index contributed by atoms with van der Waals surface area (Å²) in [7, 11) is -8.24. The molecule has 382 valence electrons. The highest BCUT2D eigenvalue weighted by Gasteiger charge is 2.65. The molecule has 3 unspecified atom stereocenters. The molecular weight excluding hydrogens is 905 g/mol. The number of carbonyl (C=O) groups excluding carboxylic acids is 2. The lowest BCUT2D eigenvalue weighted by Crippen LogP contribution is -2.60. The molecule has 0 saturated heterocycles. The number of aliphatic hydroxyl groups excluding tert-OH is 2. The maximum absolute atomic E-state index is 12.6. The molecule has 0 bridgehead atoms. The van der Waals surface area contributed by atoms with Crippen molar-refractivity contribution >= 4 is 32.1 Å². The van der Waals surface area contributed by atoms with Gasteiger partial charge in [0, 0.05) is 25.9 Å². The number of hydrogen-bond donors (Lipinski definition) is 6. The Hall–Kier alpha value is -2.24. The highest BCUT2D eigenvalue weighted by molar-refractivity contribution is 7.86. The molecule has 68 heavy (non-hydrogen) atoms. The van der Waals surface area contributed by atoms with E-state index in [2.05, 4.69) is 52.2 Å². The average Bonchev–Trinajstić information content (AvgIpc) is 3.79. The van der Waals surface area contributed by atoms with Crippen LogP contribution >= 0.6 is 0 Å². The Morgan fingerprint density at radius 2 is 0.956 bits per heavy atom. The number of carbonyl (C=O) groups is 2. The van der Waals surface area contributed by atoms with Gasteiger partial charge in [-0.15, -0.1) is 0 Å². The molecule has 6 fully saturated rings. The predicted molar refractivity (Wildman–Crippen MR) is 258 cm³/mol. The van der Waals surface area contributed by atoms with Crippen molar-refractivity contribution in [1.29, 1.82) is 0 Å². The van der Waals surface area contributed by atoms with Crippen LogP contribution in [0.4, 0.5) is 0 Å². The van der Waals surface area contributed by atoms with Crippen LogP contribution in [-0.4, -0.2) is 94.7 Å². The van der Waals surface area contributed by atoms with Gasteiger partial charge in [0.05, 0.1) is 46.5 Å². The van der Waals surface area contributed by atoms with Crippen LogP contribution in [0.2, 0.25) is 0 Å². The molecule has 1 aromatic heterocycles. The second-order valence-corrected chi connectivity index (χ2v) is 28.3. The Morgan fingerprint density at radius 1 is 0.588 bits per heavy atom. The van der Waals surface area contributed by atoms with E-state index in [0.29, 0.717) is 72.0 Å². The Kier molecular flexibility index (Phi) is 13.7. The van der Waals surface area contributed by atoms with E-state index in [0.717, 1.165) is 126 Å². The van der Waals surface area contributed by atoms with Gasteiger partial charge in [0.15, 0.2) is 0 Å². The summed E-state index contributed by atoms with van der Waals surface area (Å²) < 4.78 is 62.5. The molecule has 6 saturated carbocycles. The Bertz CT molecular complexity index is 2170. The first-order valence-corrected chi connectivity index (χ1v) is 29.7. The molecule has 0 aromatic carbocycles. The van der Waals surface area contributed by atoms with Crippen molar-refractivity contribution in [2.24, 2.45) is 92.7 Å². The summed E-state index contributed by atoms with van der Waals surface area (Å²) in [4.78, 5) is 36.3. The van der Waals surface area contributed by atoms with E-state index in [9.17, 15) is 36.6 Å². The highest BCUT2D eigenvalue weighted by Crippen LogP contribution is 2.70. The fraction of sp³-hybridized carbons (Fsp3) is 0.885. The van der Waals surface area contributed by atoms with E-state index in [4.69, 9.17) is 19.1 Å². The summed E-state index contributed by atoms with van der Waals surface area (Å²) in [6.45, 7) is 14.2. The van der Waals surface area contributed by atoms with Gasteiger partial charge in [-0.05, 0) is 195 Å².